The van der Waals surface area contributed by atoms with Gasteiger partial charge in [0.05, 0.1) is 22.5 Å². The van der Waals surface area contributed by atoms with Gasteiger partial charge in [-0.25, -0.2) is 0 Å². The largest absolute Gasteiger partial charge is 0.393 e. The van der Waals surface area contributed by atoms with E-state index in [0.29, 0.717) is 12.1 Å². The molecule has 0 aromatic carbocycles. The van der Waals surface area contributed by atoms with Crippen LogP contribution in [0.25, 0.3) is 0 Å². The number of hydrogen-bond acceptors (Lipinski definition) is 3. The third kappa shape index (κ3) is 2.30. The number of fused-ring (bicyclic) bond motifs is 2. The van der Waals surface area contributed by atoms with E-state index in [-0.39, 0.29) is 6.10 Å². The lowest BCUT2D eigenvalue weighted by Crippen LogP contribution is -2.44. The zero-order valence-corrected chi connectivity index (χ0v) is 12.4. The van der Waals surface area contributed by atoms with E-state index in [1.807, 2.05) is 11.6 Å². The van der Waals surface area contributed by atoms with Crippen molar-refractivity contribution in [3.63, 3.8) is 0 Å². The van der Waals surface area contributed by atoms with Gasteiger partial charge >= 0.3 is 0 Å². The minimum Gasteiger partial charge on any atom is -0.393 e. The summed E-state index contributed by atoms with van der Waals surface area (Å²) in [4.78, 5) is 2.53. The van der Waals surface area contributed by atoms with Gasteiger partial charge in [0, 0.05) is 25.2 Å². The SMILES string of the molecule is CCn1nc(C)c(Cl)c1CN1C2CCC1CC(O)C2. The van der Waals surface area contributed by atoms with E-state index in [9.17, 15) is 5.11 Å². The second kappa shape index (κ2) is 5.08. The highest BCUT2D eigenvalue weighted by Crippen LogP contribution is 2.37. The fraction of sp³-hybridized carbons (Fsp3) is 0.786. The summed E-state index contributed by atoms with van der Waals surface area (Å²) < 4.78 is 2.02. The van der Waals surface area contributed by atoms with Crippen molar-refractivity contribution in [1.29, 1.82) is 0 Å². The van der Waals surface area contributed by atoms with Crippen LogP contribution in [0.2, 0.25) is 5.02 Å². The number of piperidine rings is 1. The van der Waals surface area contributed by atoms with Crippen molar-refractivity contribution in [2.45, 2.75) is 70.8 Å². The van der Waals surface area contributed by atoms with E-state index in [1.165, 1.54) is 12.8 Å². The Morgan fingerprint density at radius 2 is 1.95 bits per heavy atom. The Morgan fingerprint density at radius 3 is 2.53 bits per heavy atom. The van der Waals surface area contributed by atoms with E-state index in [4.69, 9.17) is 11.6 Å². The fourth-order valence-corrected chi connectivity index (χ4v) is 3.89. The molecule has 2 saturated heterocycles. The van der Waals surface area contributed by atoms with E-state index in [1.54, 1.807) is 0 Å². The standard InChI is InChI=1S/C14H22ClN3O/c1-3-18-13(14(15)9(2)16-18)8-17-10-4-5-11(17)7-12(19)6-10/h10-12,19H,3-8H2,1-2H3. The number of aryl methyl sites for hydroxylation is 2. The van der Waals surface area contributed by atoms with Crippen molar-refractivity contribution in [2.24, 2.45) is 0 Å². The molecule has 0 spiro atoms. The molecule has 2 unspecified atom stereocenters. The summed E-state index contributed by atoms with van der Waals surface area (Å²) in [5.41, 5.74) is 2.05. The summed E-state index contributed by atoms with van der Waals surface area (Å²) in [7, 11) is 0. The zero-order valence-electron chi connectivity index (χ0n) is 11.6. The van der Waals surface area contributed by atoms with Gasteiger partial charge in [-0.05, 0) is 39.5 Å². The topological polar surface area (TPSA) is 41.3 Å². The quantitative estimate of drug-likeness (QED) is 0.926. The van der Waals surface area contributed by atoms with Crippen LogP contribution < -0.4 is 0 Å². The van der Waals surface area contributed by atoms with Crippen molar-refractivity contribution in [3.05, 3.63) is 16.4 Å². The molecule has 0 amide bonds. The first-order valence-corrected chi connectivity index (χ1v) is 7.63. The molecule has 2 aliphatic rings. The molecule has 2 fully saturated rings. The van der Waals surface area contributed by atoms with Crippen LogP contribution in [0, 0.1) is 6.92 Å². The number of nitrogens with zero attached hydrogens (tertiary/aromatic N) is 3. The molecule has 5 heteroatoms. The highest BCUT2D eigenvalue weighted by atomic mass is 35.5. The van der Waals surface area contributed by atoms with Gasteiger partial charge in [0.15, 0.2) is 0 Å². The van der Waals surface area contributed by atoms with Crippen molar-refractivity contribution in [3.8, 4) is 0 Å². The minimum absolute atomic E-state index is 0.109. The Kier molecular flexibility index (Phi) is 3.58. The van der Waals surface area contributed by atoms with Gasteiger partial charge < -0.3 is 5.11 Å². The summed E-state index contributed by atoms with van der Waals surface area (Å²) in [6.07, 6.45) is 4.12. The van der Waals surface area contributed by atoms with E-state index < -0.39 is 0 Å². The van der Waals surface area contributed by atoms with Crippen LogP contribution >= 0.6 is 11.6 Å². The van der Waals surface area contributed by atoms with E-state index in [0.717, 1.165) is 42.3 Å². The number of rotatable bonds is 3. The summed E-state index contributed by atoms with van der Waals surface area (Å²) in [6, 6.07) is 1.04. The third-order valence-corrected chi connectivity index (χ3v) is 5.14. The van der Waals surface area contributed by atoms with Crippen LogP contribution in [0.4, 0.5) is 0 Å². The van der Waals surface area contributed by atoms with Crippen LogP contribution in [0.5, 0.6) is 0 Å². The molecule has 1 aromatic rings. The predicted octanol–water partition coefficient (Wildman–Crippen LogP) is 2.35. The first kappa shape index (κ1) is 13.4. The van der Waals surface area contributed by atoms with Crippen molar-refractivity contribution < 1.29 is 5.11 Å². The van der Waals surface area contributed by atoms with Crippen molar-refractivity contribution in [1.82, 2.24) is 14.7 Å². The average molecular weight is 284 g/mol. The molecular formula is C14H22ClN3O. The van der Waals surface area contributed by atoms with Crippen LogP contribution in [-0.4, -0.2) is 38.0 Å². The van der Waals surface area contributed by atoms with E-state index in [2.05, 4.69) is 16.9 Å². The Bertz CT molecular complexity index is 460. The molecule has 2 aliphatic heterocycles. The van der Waals surface area contributed by atoms with Gasteiger partial charge in [0.1, 0.15) is 0 Å². The summed E-state index contributed by atoms with van der Waals surface area (Å²) in [5.74, 6) is 0. The van der Waals surface area contributed by atoms with Crippen LogP contribution in [0.1, 0.15) is 44.0 Å². The lowest BCUT2D eigenvalue weighted by molar-refractivity contribution is 0.0297. The van der Waals surface area contributed by atoms with Crippen molar-refractivity contribution >= 4 is 11.6 Å². The first-order valence-electron chi connectivity index (χ1n) is 7.25. The van der Waals surface area contributed by atoms with Gasteiger partial charge in [0.25, 0.3) is 0 Å². The van der Waals surface area contributed by atoms with Crippen LogP contribution in [0.15, 0.2) is 0 Å². The Balaban J connectivity index is 1.82. The molecule has 3 rings (SSSR count). The van der Waals surface area contributed by atoms with Crippen LogP contribution in [0.3, 0.4) is 0 Å². The first-order chi connectivity index (χ1) is 9.10. The molecule has 0 aliphatic carbocycles. The Morgan fingerprint density at radius 1 is 1.32 bits per heavy atom. The van der Waals surface area contributed by atoms with Gasteiger partial charge in [-0.1, -0.05) is 11.6 Å². The van der Waals surface area contributed by atoms with Gasteiger partial charge in [-0.3, -0.25) is 9.58 Å². The maximum absolute atomic E-state index is 9.86. The number of aliphatic hydroxyl groups excluding tert-OH is 1. The number of aliphatic hydroxyl groups is 1. The molecule has 19 heavy (non-hydrogen) atoms. The van der Waals surface area contributed by atoms with Gasteiger partial charge in [0.2, 0.25) is 0 Å². The number of aromatic nitrogens is 2. The molecule has 4 nitrogen and oxygen atoms in total. The molecule has 0 saturated carbocycles. The molecule has 106 valence electrons. The normalized spacial score (nSPS) is 31.1. The van der Waals surface area contributed by atoms with E-state index >= 15 is 0 Å². The Labute approximate surface area is 119 Å². The predicted molar refractivity (Wildman–Crippen MR) is 75.2 cm³/mol. The fourth-order valence-electron chi connectivity index (χ4n) is 3.70. The molecular weight excluding hydrogens is 262 g/mol. The second-order valence-electron chi connectivity index (χ2n) is 5.84. The number of hydrogen-bond donors (Lipinski definition) is 1. The highest BCUT2D eigenvalue weighted by molar-refractivity contribution is 6.31. The van der Waals surface area contributed by atoms with Gasteiger partial charge in [-0.15, -0.1) is 0 Å². The maximum Gasteiger partial charge on any atom is 0.0860 e. The monoisotopic (exact) mass is 283 g/mol. The second-order valence-corrected chi connectivity index (χ2v) is 6.22. The Hall–Kier alpha value is -0.580. The summed E-state index contributed by atoms with van der Waals surface area (Å²) in [5, 5.41) is 15.2. The summed E-state index contributed by atoms with van der Waals surface area (Å²) in [6.45, 7) is 5.79. The lowest BCUT2D eigenvalue weighted by Gasteiger charge is -2.37. The summed E-state index contributed by atoms with van der Waals surface area (Å²) >= 11 is 6.40. The zero-order chi connectivity index (χ0) is 13.6. The average Bonchev–Trinajstić information content (AvgIpc) is 2.78. The smallest absolute Gasteiger partial charge is 0.0860 e. The molecule has 1 aromatic heterocycles. The molecule has 0 radical (unpaired) electrons. The number of halogens is 1. The van der Waals surface area contributed by atoms with Crippen molar-refractivity contribution in [2.75, 3.05) is 0 Å². The molecule has 2 atom stereocenters. The molecule has 3 heterocycles. The minimum atomic E-state index is -0.109. The molecule has 2 bridgehead atoms. The van der Waals surface area contributed by atoms with Gasteiger partial charge in [-0.2, -0.15) is 5.10 Å². The lowest BCUT2D eigenvalue weighted by atomic mass is 10.00. The maximum atomic E-state index is 9.86. The van der Waals surface area contributed by atoms with Crippen LogP contribution in [-0.2, 0) is 13.1 Å². The third-order valence-electron chi connectivity index (χ3n) is 4.64. The highest BCUT2D eigenvalue weighted by Gasteiger charge is 2.40. The molecule has 1 N–H and O–H groups in total.